The van der Waals surface area contributed by atoms with E-state index in [4.69, 9.17) is 16.9 Å². The Labute approximate surface area is 103 Å². The molecule has 88 valence electrons. The maximum Gasteiger partial charge on any atom is 0.256 e. The van der Waals surface area contributed by atoms with E-state index in [1.165, 1.54) is 23.1 Å². The highest BCUT2D eigenvalue weighted by molar-refractivity contribution is 6.34. The molecule has 1 saturated heterocycles. The standard InChI is InChI=1S/C12H10ClFN2O/c13-11-9(4-1-5-10(11)14)12(17)16-6-2-3-8(16)7-15/h1,4-5,8H,2-3,6H2. The molecule has 0 aliphatic carbocycles. The van der Waals surface area contributed by atoms with E-state index < -0.39 is 11.9 Å². The second-order valence-electron chi connectivity index (χ2n) is 3.89. The van der Waals surface area contributed by atoms with Gasteiger partial charge in [-0.2, -0.15) is 5.26 Å². The minimum Gasteiger partial charge on any atom is -0.323 e. The van der Waals surface area contributed by atoms with Gasteiger partial charge in [-0.15, -0.1) is 0 Å². The zero-order chi connectivity index (χ0) is 12.4. The van der Waals surface area contributed by atoms with Crippen LogP contribution in [0.3, 0.4) is 0 Å². The van der Waals surface area contributed by atoms with Gasteiger partial charge in [0.1, 0.15) is 11.9 Å². The molecule has 17 heavy (non-hydrogen) atoms. The molecule has 1 aliphatic rings. The van der Waals surface area contributed by atoms with Crippen molar-refractivity contribution < 1.29 is 9.18 Å². The first-order chi connectivity index (χ1) is 8.15. The van der Waals surface area contributed by atoms with Crippen LogP contribution in [0.2, 0.25) is 5.02 Å². The molecule has 1 amide bonds. The molecule has 1 aromatic carbocycles. The highest BCUT2D eigenvalue weighted by Gasteiger charge is 2.30. The van der Waals surface area contributed by atoms with Gasteiger partial charge < -0.3 is 4.90 Å². The third-order valence-electron chi connectivity index (χ3n) is 2.84. The van der Waals surface area contributed by atoms with Gasteiger partial charge in [-0.1, -0.05) is 17.7 Å². The van der Waals surface area contributed by atoms with Crippen molar-refractivity contribution in [2.45, 2.75) is 18.9 Å². The lowest BCUT2D eigenvalue weighted by Crippen LogP contribution is -2.34. The van der Waals surface area contributed by atoms with Crippen molar-refractivity contribution in [3.63, 3.8) is 0 Å². The van der Waals surface area contributed by atoms with Crippen LogP contribution in [-0.2, 0) is 0 Å². The third kappa shape index (κ3) is 2.11. The van der Waals surface area contributed by atoms with Crippen LogP contribution in [-0.4, -0.2) is 23.4 Å². The summed E-state index contributed by atoms with van der Waals surface area (Å²) in [4.78, 5) is 13.6. The summed E-state index contributed by atoms with van der Waals surface area (Å²) in [7, 11) is 0. The quantitative estimate of drug-likeness (QED) is 0.771. The van der Waals surface area contributed by atoms with Crippen LogP contribution < -0.4 is 0 Å². The maximum absolute atomic E-state index is 13.2. The molecule has 0 spiro atoms. The van der Waals surface area contributed by atoms with Crippen LogP contribution in [0.5, 0.6) is 0 Å². The molecule has 0 aromatic heterocycles. The molecule has 0 N–H and O–H groups in total. The van der Waals surface area contributed by atoms with Crippen LogP contribution in [0.1, 0.15) is 23.2 Å². The Bertz CT molecular complexity index is 498. The molecule has 1 aromatic rings. The molecule has 3 nitrogen and oxygen atoms in total. The Balaban J connectivity index is 2.32. The van der Waals surface area contributed by atoms with Crippen molar-refractivity contribution >= 4 is 17.5 Å². The molecule has 1 unspecified atom stereocenters. The van der Waals surface area contributed by atoms with Crippen LogP contribution in [0.15, 0.2) is 18.2 Å². The lowest BCUT2D eigenvalue weighted by atomic mass is 10.1. The number of hydrogen-bond acceptors (Lipinski definition) is 2. The summed E-state index contributed by atoms with van der Waals surface area (Å²) in [6.07, 6.45) is 1.45. The SMILES string of the molecule is N#CC1CCCN1C(=O)c1cccc(F)c1Cl. The lowest BCUT2D eigenvalue weighted by molar-refractivity contribution is 0.0764. The van der Waals surface area contributed by atoms with Gasteiger partial charge in [0.15, 0.2) is 0 Å². The molecule has 0 radical (unpaired) electrons. The average Bonchev–Trinajstić information content (AvgIpc) is 2.80. The van der Waals surface area contributed by atoms with Crippen molar-refractivity contribution in [3.05, 3.63) is 34.6 Å². The van der Waals surface area contributed by atoms with Gasteiger partial charge in [0.05, 0.1) is 16.7 Å². The number of rotatable bonds is 1. The van der Waals surface area contributed by atoms with Crippen LogP contribution in [0, 0.1) is 17.1 Å². The van der Waals surface area contributed by atoms with Crippen molar-refractivity contribution in [1.29, 1.82) is 5.26 Å². The second-order valence-corrected chi connectivity index (χ2v) is 4.27. The Morgan fingerprint density at radius 1 is 1.59 bits per heavy atom. The molecule has 1 atom stereocenters. The fourth-order valence-electron chi connectivity index (χ4n) is 1.97. The fraction of sp³-hybridized carbons (Fsp3) is 0.333. The number of likely N-dealkylation sites (tertiary alicyclic amines) is 1. The number of carbonyl (C=O) groups excluding carboxylic acids is 1. The largest absolute Gasteiger partial charge is 0.323 e. The molecule has 2 rings (SSSR count). The predicted molar refractivity (Wildman–Crippen MR) is 61.1 cm³/mol. The zero-order valence-corrected chi connectivity index (χ0v) is 9.75. The number of halogens is 2. The van der Waals surface area contributed by atoms with Crippen molar-refractivity contribution in [2.24, 2.45) is 0 Å². The summed E-state index contributed by atoms with van der Waals surface area (Å²) in [5.41, 5.74) is 0.119. The van der Waals surface area contributed by atoms with E-state index >= 15 is 0 Å². The smallest absolute Gasteiger partial charge is 0.256 e. The summed E-state index contributed by atoms with van der Waals surface area (Å²) < 4.78 is 13.2. The van der Waals surface area contributed by atoms with Gasteiger partial charge in [0.2, 0.25) is 0 Å². The molecular formula is C12H10ClFN2O. The van der Waals surface area contributed by atoms with Gasteiger partial charge in [-0.25, -0.2) is 4.39 Å². The lowest BCUT2D eigenvalue weighted by Gasteiger charge is -2.20. The van der Waals surface area contributed by atoms with Gasteiger partial charge >= 0.3 is 0 Å². The Morgan fingerprint density at radius 2 is 2.35 bits per heavy atom. The molecule has 0 saturated carbocycles. The minimum absolute atomic E-state index is 0.119. The Kier molecular flexibility index (Phi) is 3.30. The van der Waals surface area contributed by atoms with Crippen LogP contribution in [0.4, 0.5) is 4.39 Å². The molecule has 1 aliphatic heterocycles. The maximum atomic E-state index is 13.2. The molecular weight excluding hydrogens is 243 g/mol. The number of amides is 1. The van der Waals surface area contributed by atoms with Crippen molar-refractivity contribution in [3.8, 4) is 6.07 Å². The normalized spacial score (nSPS) is 19.1. The number of nitrogens with zero attached hydrogens (tertiary/aromatic N) is 2. The number of carbonyl (C=O) groups is 1. The molecule has 1 heterocycles. The summed E-state index contributed by atoms with van der Waals surface area (Å²) in [5, 5.41) is 8.73. The van der Waals surface area contributed by atoms with Gasteiger partial charge in [-0.05, 0) is 25.0 Å². The summed E-state index contributed by atoms with van der Waals surface area (Å²) in [6, 6.07) is 5.75. The molecule has 1 fully saturated rings. The first kappa shape index (κ1) is 11.9. The van der Waals surface area contributed by atoms with Gasteiger partial charge in [0, 0.05) is 6.54 Å². The predicted octanol–water partition coefficient (Wildman–Crippen LogP) is 2.61. The second kappa shape index (κ2) is 4.72. The van der Waals surface area contributed by atoms with E-state index in [1.54, 1.807) is 0 Å². The highest BCUT2D eigenvalue weighted by Crippen LogP contribution is 2.25. The van der Waals surface area contributed by atoms with Crippen molar-refractivity contribution in [2.75, 3.05) is 6.54 Å². The highest BCUT2D eigenvalue weighted by atomic mass is 35.5. The average molecular weight is 253 g/mol. The summed E-state index contributed by atoms with van der Waals surface area (Å²) in [6.45, 7) is 0.518. The van der Waals surface area contributed by atoms with Gasteiger partial charge in [0.25, 0.3) is 5.91 Å². The number of hydrogen-bond donors (Lipinski definition) is 0. The van der Waals surface area contributed by atoms with Gasteiger partial charge in [-0.3, -0.25) is 4.79 Å². The van der Waals surface area contributed by atoms with E-state index in [1.807, 2.05) is 0 Å². The third-order valence-corrected chi connectivity index (χ3v) is 3.23. The number of benzene rings is 1. The van der Waals surface area contributed by atoms with E-state index in [2.05, 4.69) is 6.07 Å². The Morgan fingerprint density at radius 3 is 3.06 bits per heavy atom. The van der Waals surface area contributed by atoms with Crippen LogP contribution in [0.25, 0.3) is 0 Å². The first-order valence-electron chi connectivity index (χ1n) is 5.29. The molecule has 0 bridgehead atoms. The minimum atomic E-state index is -0.620. The topological polar surface area (TPSA) is 44.1 Å². The zero-order valence-electron chi connectivity index (χ0n) is 8.99. The monoisotopic (exact) mass is 252 g/mol. The summed E-state index contributed by atoms with van der Waals surface area (Å²) in [5.74, 6) is -0.997. The fourth-order valence-corrected chi connectivity index (χ4v) is 2.17. The van der Waals surface area contributed by atoms with Crippen LogP contribution >= 0.6 is 11.6 Å². The Hall–Kier alpha value is -1.60. The van der Waals surface area contributed by atoms with E-state index in [9.17, 15) is 9.18 Å². The van der Waals surface area contributed by atoms with E-state index in [0.717, 1.165) is 6.42 Å². The first-order valence-corrected chi connectivity index (χ1v) is 5.67. The van der Waals surface area contributed by atoms with E-state index in [-0.39, 0.29) is 16.5 Å². The summed E-state index contributed by atoms with van der Waals surface area (Å²) >= 11 is 5.75. The van der Waals surface area contributed by atoms with Crippen molar-refractivity contribution in [1.82, 2.24) is 4.90 Å². The van der Waals surface area contributed by atoms with E-state index in [0.29, 0.717) is 13.0 Å². The number of nitriles is 1. The molecule has 5 heteroatoms.